The molecule has 170 valence electrons. The molecule has 1 saturated heterocycles. The SMILES string of the molecule is O=C(COC(=O)c1cc(S(=O)(=O)N2CCOCC2)ccc1Cl)c1ccc2c(c1)OCCO2. The molecule has 0 bridgehead atoms. The first-order valence-electron chi connectivity index (χ1n) is 9.84. The average molecular weight is 482 g/mol. The lowest BCUT2D eigenvalue weighted by Gasteiger charge is -2.26. The summed E-state index contributed by atoms with van der Waals surface area (Å²) in [6.07, 6.45) is 0. The minimum Gasteiger partial charge on any atom is -0.486 e. The van der Waals surface area contributed by atoms with E-state index in [2.05, 4.69) is 0 Å². The Morgan fingerprint density at radius 1 is 0.969 bits per heavy atom. The fourth-order valence-corrected chi connectivity index (χ4v) is 4.90. The Balaban J connectivity index is 1.46. The van der Waals surface area contributed by atoms with Gasteiger partial charge in [0.25, 0.3) is 0 Å². The molecule has 2 aromatic rings. The van der Waals surface area contributed by atoms with Crippen LogP contribution in [0.3, 0.4) is 0 Å². The molecule has 4 rings (SSSR count). The third kappa shape index (κ3) is 4.73. The van der Waals surface area contributed by atoms with Crippen molar-refractivity contribution >= 4 is 33.4 Å². The Bertz CT molecular complexity index is 1140. The second kappa shape index (κ2) is 9.45. The van der Waals surface area contributed by atoms with Gasteiger partial charge in [-0.1, -0.05) is 11.6 Å². The molecule has 2 aliphatic rings. The molecule has 1 fully saturated rings. The van der Waals surface area contributed by atoms with Crippen LogP contribution in [0.5, 0.6) is 11.5 Å². The lowest BCUT2D eigenvalue weighted by molar-refractivity contribution is 0.0474. The first kappa shape index (κ1) is 22.5. The highest BCUT2D eigenvalue weighted by molar-refractivity contribution is 7.89. The molecule has 9 nitrogen and oxygen atoms in total. The van der Waals surface area contributed by atoms with Crippen molar-refractivity contribution in [2.24, 2.45) is 0 Å². The van der Waals surface area contributed by atoms with Crippen LogP contribution in [0.4, 0.5) is 0 Å². The molecule has 11 heteroatoms. The highest BCUT2D eigenvalue weighted by Gasteiger charge is 2.28. The molecule has 0 atom stereocenters. The zero-order valence-electron chi connectivity index (χ0n) is 16.9. The smallest absolute Gasteiger partial charge is 0.340 e. The van der Waals surface area contributed by atoms with Crippen molar-refractivity contribution in [2.45, 2.75) is 4.90 Å². The van der Waals surface area contributed by atoms with Crippen molar-refractivity contribution < 1.29 is 37.0 Å². The van der Waals surface area contributed by atoms with Gasteiger partial charge in [-0.05, 0) is 36.4 Å². The molecule has 0 unspecified atom stereocenters. The molecular formula is C21H20ClNO8S. The van der Waals surface area contributed by atoms with Gasteiger partial charge in [0.2, 0.25) is 10.0 Å². The van der Waals surface area contributed by atoms with Crippen molar-refractivity contribution in [1.29, 1.82) is 0 Å². The van der Waals surface area contributed by atoms with Crippen LogP contribution in [0, 0.1) is 0 Å². The minimum atomic E-state index is -3.82. The number of rotatable bonds is 6. The number of fused-ring (bicyclic) bond motifs is 1. The highest BCUT2D eigenvalue weighted by Crippen LogP contribution is 2.31. The standard InChI is InChI=1S/C21H20ClNO8S/c22-17-3-2-15(32(26,27)23-5-7-28-8-6-23)12-16(17)21(25)31-13-18(24)14-1-4-19-20(11-14)30-10-9-29-19/h1-4,11-12H,5-10,13H2. The van der Waals surface area contributed by atoms with E-state index < -0.39 is 28.4 Å². The van der Waals surface area contributed by atoms with Crippen LogP contribution in [0.15, 0.2) is 41.3 Å². The number of hydrogen-bond donors (Lipinski definition) is 0. The summed E-state index contributed by atoms with van der Waals surface area (Å²) in [5.41, 5.74) is 0.146. The van der Waals surface area contributed by atoms with Gasteiger partial charge in [0.15, 0.2) is 23.9 Å². The molecule has 0 N–H and O–H groups in total. The van der Waals surface area contributed by atoms with Crippen molar-refractivity contribution in [3.05, 3.63) is 52.5 Å². The number of hydrogen-bond acceptors (Lipinski definition) is 8. The van der Waals surface area contributed by atoms with Crippen molar-refractivity contribution in [2.75, 3.05) is 46.1 Å². The number of Topliss-reactive ketones (excluding diaryl/α,β-unsaturated/α-hetero) is 1. The molecule has 0 amide bonds. The van der Waals surface area contributed by atoms with Crippen molar-refractivity contribution in [1.82, 2.24) is 4.31 Å². The summed E-state index contributed by atoms with van der Waals surface area (Å²) in [4.78, 5) is 24.9. The molecule has 0 aromatic heterocycles. The maximum absolute atomic E-state index is 12.8. The van der Waals surface area contributed by atoms with Gasteiger partial charge in [-0.2, -0.15) is 4.31 Å². The number of carbonyl (C=O) groups excluding carboxylic acids is 2. The van der Waals surface area contributed by atoms with Gasteiger partial charge < -0.3 is 18.9 Å². The van der Waals surface area contributed by atoms with E-state index in [1.807, 2.05) is 0 Å². The second-order valence-electron chi connectivity index (χ2n) is 7.02. The van der Waals surface area contributed by atoms with E-state index in [9.17, 15) is 18.0 Å². The van der Waals surface area contributed by atoms with E-state index in [1.54, 1.807) is 12.1 Å². The van der Waals surface area contributed by atoms with Crippen molar-refractivity contribution in [3.8, 4) is 11.5 Å². The monoisotopic (exact) mass is 481 g/mol. The Morgan fingerprint density at radius 3 is 2.44 bits per heavy atom. The van der Waals surface area contributed by atoms with Gasteiger partial charge in [0, 0.05) is 18.7 Å². The molecule has 0 radical (unpaired) electrons. The molecule has 32 heavy (non-hydrogen) atoms. The number of nitrogens with zero attached hydrogens (tertiary/aromatic N) is 1. The maximum Gasteiger partial charge on any atom is 0.340 e. The van der Waals surface area contributed by atoms with Crippen LogP contribution in [0.1, 0.15) is 20.7 Å². The van der Waals surface area contributed by atoms with Crippen LogP contribution < -0.4 is 9.47 Å². The zero-order chi connectivity index (χ0) is 22.7. The molecular weight excluding hydrogens is 462 g/mol. The second-order valence-corrected chi connectivity index (χ2v) is 9.36. The Labute approximate surface area is 189 Å². The van der Waals surface area contributed by atoms with Crippen LogP contribution in [0.2, 0.25) is 5.02 Å². The predicted molar refractivity (Wildman–Crippen MR) is 113 cm³/mol. The first-order chi connectivity index (χ1) is 15.4. The molecule has 0 saturated carbocycles. The van der Waals surface area contributed by atoms with E-state index >= 15 is 0 Å². The summed E-state index contributed by atoms with van der Waals surface area (Å²) in [5.74, 6) is -0.379. The number of carbonyl (C=O) groups is 2. The van der Waals surface area contributed by atoms with Gasteiger partial charge in [-0.25, -0.2) is 13.2 Å². The number of esters is 1. The highest BCUT2D eigenvalue weighted by atomic mass is 35.5. The topological polar surface area (TPSA) is 108 Å². The lowest BCUT2D eigenvalue weighted by atomic mass is 10.1. The Hall–Kier alpha value is -2.66. The molecule has 2 aromatic carbocycles. The van der Waals surface area contributed by atoms with E-state index in [0.717, 1.165) is 6.07 Å². The summed E-state index contributed by atoms with van der Waals surface area (Å²) in [7, 11) is -3.82. The van der Waals surface area contributed by atoms with Gasteiger partial charge >= 0.3 is 5.97 Å². The quantitative estimate of drug-likeness (QED) is 0.456. The van der Waals surface area contributed by atoms with E-state index in [0.29, 0.717) is 37.9 Å². The lowest BCUT2D eigenvalue weighted by Crippen LogP contribution is -2.40. The number of halogens is 1. The van der Waals surface area contributed by atoms with Gasteiger partial charge in [0.05, 0.1) is 28.7 Å². The Morgan fingerprint density at radius 2 is 1.69 bits per heavy atom. The zero-order valence-corrected chi connectivity index (χ0v) is 18.5. The Kier molecular flexibility index (Phi) is 6.66. The van der Waals surface area contributed by atoms with E-state index in [1.165, 1.54) is 22.5 Å². The normalized spacial score (nSPS) is 16.4. The predicted octanol–water partition coefficient (Wildman–Crippen LogP) is 2.17. The van der Waals surface area contributed by atoms with Gasteiger partial charge in [-0.3, -0.25) is 4.79 Å². The van der Waals surface area contributed by atoms with Crippen LogP contribution in [-0.2, 0) is 19.5 Å². The van der Waals surface area contributed by atoms with E-state index in [-0.39, 0.29) is 34.1 Å². The van der Waals surface area contributed by atoms with Crippen LogP contribution >= 0.6 is 11.6 Å². The summed E-state index contributed by atoms with van der Waals surface area (Å²) in [5, 5.41) is 0.0164. The van der Waals surface area contributed by atoms with Gasteiger partial charge in [-0.15, -0.1) is 0 Å². The summed E-state index contributed by atoms with van der Waals surface area (Å²) in [6, 6.07) is 8.47. The number of ether oxygens (including phenoxy) is 4. The average Bonchev–Trinajstić information content (AvgIpc) is 2.82. The van der Waals surface area contributed by atoms with Crippen LogP contribution in [0.25, 0.3) is 0 Å². The van der Waals surface area contributed by atoms with E-state index in [4.69, 9.17) is 30.5 Å². The molecule has 0 aliphatic carbocycles. The van der Waals surface area contributed by atoms with Crippen molar-refractivity contribution in [3.63, 3.8) is 0 Å². The fraction of sp³-hybridized carbons (Fsp3) is 0.333. The number of ketones is 1. The molecule has 2 aliphatic heterocycles. The largest absolute Gasteiger partial charge is 0.486 e. The number of morpholine rings is 1. The first-order valence-corrected chi connectivity index (χ1v) is 11.7. The summed E-state index contributed by atoms with van der Waals surface area (Å²) < 4.78 is 48.1. The molecule has 0 spiro atoms. The summed E-state index contributed by atoms with van der Waals surface area (Å²) >= 11 is 6.09. The third-order valence-electron chi connectivity index (χ3n) is 4.96. The number of sulfonamides is 1. The molecule has 2 heterocycles. The third-order valence-corrected chi connectivity index (χ3v) is 7.19. The number of benzene rings is 2. The minimum absolute atomic E-state index is 0.0164. The maximum atomic E-state index is 12.8. The summed E-state index contributed by atoms with van der Waals surface area (Å²) in [6.45, 7) is 1.28. The fourth-order valence-electron chi connectivity index (χ4n) is 3.27. The van der Waals surface area contributed by atoms with Gasteiger partial charge in [0.1, 0.15) is 13.2 Å². The van der Waals surface area contributed by atoms with Crippen LogP contribution in [-0.4, -0.2) is 70.6 Å².